The molecule has 0 aliphatic carbocycles. The van der Waals surface area contributed by atoms with E-state index >= 15 is 0 Å². The van der Waals surface area contributed by atoms with Gasteiger partial charge in [0.1, 0.15) is 5.75 Å². The molecule has 0 aliphatic heterocycles. The van der Waals surface area contributed by atoms with Gasteiger partial charge in [0.25, 0.3) is 0 Å². The highest BCUT2D eigenvalue weighted by molar-refractivity contribution is 5.36. The number of rotatable bonds is 9. The number of unbranched alkanes of at least 4 members (excludes halogenated alkanes) is 3. The molecule has 0 bridgehead atoms. The van der Waals surface area contributed by atoms with Crippen molar-refractivity contribution in [3.63, 3.8) is 0 Å². The molecule has 0 heterocycles. The van der Waals surface area contributed by atoms with Gasteiger partial charge in [-0.15, -0.1) is 0 Å². The fourth-order valence-corrected chi connectivity index (χ4v) is 1.96. The van der Waals surface area contributed by atoms with Crippen molar-refractivity contribution in [2.24, 2.45) is 0 Å². The average molecular weight is 249 g/mol. The molecule has 0 unspecified atom stereocenters. The Morgan fingerprint density at radius 2 is 1.94 bits per heavy atom. The summed E-state index contributed by atoms with van der Waals surface area (Å²) < 4.78 is 5.90. The zero-order valence-corrected chi connectivity index (χ0v) is 12.1. The van der Waals surface area contributed by atoms with Crippen LogP contribution in [-0.2, 0) is 6.54 Å². The molecule has 0 saturated heterocycles. The lowest BCUT2D eigenvalue weighted by atomic mass is 10.1. The van der Waals surface area contributed by atoms with E-state index in [1.165, 1.54) is 30.4 Å². The summed E-state index contributed by atoms with van der Waals surface area (Å²) in [7, 11) is 0. The van der Waals surface area contributed by atoms with Crippen molar-refractivity contribution in [2.75, 3.05) is 13.2 Å². The maximum absolute atomic E-state index is 5.90. The first-order valence-corrected chi connectivity index (χ1v) is 7.21. The standard InChI is InChI=1S/C16H27NO/c1-4-6-7-8-11-18-16-10-9-14(3)12-15(16)13-17-5-2/h9-10,12,17H,4-8,11,13H2,1-3H3. The second-order valence-corrected chi connectivity index (χ2v) is 4.80. The van der Waals surface area contributed by atoms with Gasteiger partial charge < -0.3 is 10.1 Å². The SMILES string of the molecule is CCCCCCOc1ccc(C)cc1CNCC. The van der Waals surface area contributed by atoms with Crippen molar-refractivity contribution < 1.29 is 4.74 Å². The Morgan fingerprint density at radius 3 is 2.67 bits per heavy atom. The van der Waals surface area contributed by atoms with Gasteiger partial charge in [-0.3, -0.25) is 0 Å². The van der Waals surface area contributed by atoms with Gasteiger partial charge in [-0.05, 0) is 26.0 Å². The summed E-state index contributed by atoms with van der Waals surface area (Å²) in [5.74, 6) is 1.04. The second kappa shape index (κ2) is 8.98. The summed E-state index contributed by atoms with van der Waals surface area (Å²) in [5, 5.41) is 3.36. The summed E-state index contributed by atoms with van der Waals surface area (Å²) in [6.07, 6.45) is 5.00. The van der Waals surface area contributed by atoms with Crippen molar-refractivity contribution in [3.05, 3.63) is 29.3 Å². The first-order valence-electron chi connectivity index (χ1n) is 7.21. The van der Waals surface area contributed by atoms with Crippen LogP contribution in [0.1, 0.15) is 50.7 Å². The molecule has 0 aliphatic rings. The summed E-state index contributed by atoms with van der Waals surface area (Å²) >= 11 is 0. The highest BCUT2D eigenvalue weighted by Crippen LogP contribution is 2.20. The molecule has 0 radical (unpaired) electrons. The van der Waals surface area contributed by atoms with Gasteiger partial charge in [-0.1, -0.05) is 50.8 Å². The van der Waals surface area contributed by atoms with Crippen molar-refractivity contribution in [2.45, 2.75) is 53.0 Å². The summed E-state index contributed by atoms with van der Waals surface area (Å²) in [5.41, 5.74) is 2.56. The normalized spacial score (nSPS) is 10.6. The molecule has 0 spiro atoms. The van der Waals surface area contributed by atoms with Gasteiger partial charge in [0.2, 0.25) is 0 Å². The molecule has 0 saturated carbocycles. The van der Waals surface area contributed by atoms with Crippen LogP contribution in [0, 0.1) is 6.92 Å². The van der Waals surface area contributed by atoms with E-state index in [9.17, 15) is 0 Å². The van der Waals surface area contributed by atoms with Crippen LogP contribution in [0.5, 0.6) is 5.75 Å². The van der Waals surface area contributed by atoms with Crippen molar-refractivity contribution in [1.29, 1.82) is 0 Å². The first kappa shape index (κ1) is 15.0. The maximum Gasteiger partial charge on any atom is 0.123 e. The molecule has 2 heteroatoms. The molecule has 1 rings (SSSR count). The van der Waals surface area contributed by atoms with Gasteiger partial charge in [0.05, 0.1) is 6.61 Å². The van der Waals surface area contributed by atoms with Gasteiger partial charge >= 0.3 is 0 Å². The van der Waals surface area contributed by atoms with E-state index in [4.69, 9.17) is 4.74 Å². The fourth-order valence-electron chi connectivity index (χ4n) is 1.96. The lowest BCUT2D eigenvalue weighted by molar-refractivity contribution is 0.301. The topological polar surface area (TPSA) is 21.3 Å². The van der Waals surface area contributed by atoms with Crippen LogP contribution in [-0.4, -0.2) is 13.2 Å². The van der Waals surface area contributed by atoms with Crippen LogP contribution < -0.4 is 10.1 Å². The smallest absolute Gasteiger partial charge is 0.123 e. The van der Waals surface area contributed by atoms with E-state index in [0.29, 0.717) is 0 Å². The quantitative estimate of drug-likeness (QED) is 0.666. The van der Waals surface area contributed by atoms with Crippen molar-refractivity contribution >= 4 is 0 Å². The zero-order valence-electron chi connectivity index (χ0n) is 12.1. The van der Waals surface area contributed by atoms with Gasteiger partial charge in [0, 0.05) is 12.1 Å². The van der Waals surface area contributed by atoms with Gasteiger partial charge in [-0.2, -0.15) is 0 Å². The van der Waals surface area contributed by atoms with Crippen LogP contribution in [0.15, 0.2) is 18.2 Å². The minimum absolute atomic E-state index is 0.836. The molecule has 18 heavy (non-hydrogen) atoms. The molecule has 2 nitrogen and oxygen atoms in total. The largest absolute Gasteiger partial charge is 0.493 e. The molecule has 0 aromatic heterocycles. The Balaban J connectivity index is 2.47. The minimum atomic E-state index is 0.836. The average Bonchev–Trinajstić information content (AvgIpc) is 2.38. The van der Waals surface area contributed by atoms with Crippen LogP contribution >= 0.6 is 0 Å². The predicted octanol–water partition coefficient (Wildman–Crippen LogP) is 4.06. The summed E-state index contributed by atoms with van der Waals surface area (Å²) in [4.78, 5) is 0. The highest BCUT2D eigenvalue weighted by Gasteiger charge is 2.03. The third-order valence-electron chi connectivity index (χ3n) is 3.04. The molecular formula is C16H27NO. The van der Waals surface area contributed by atoms with Crippen LogP contribution in [0.2, 0.25) is 0 Å². The maximum atomic E-state index is 5.90. The van der Waals surface area contributed by atoms with E-state index in [-0.39, 0.29) is 0 Å². The van der Waals surface area contributed by atoms with Crippen LogP contribution in [0.4, 0.5) is 0 Å². The second-order valence-electron chi connectivity index (χ2n) is 4.80. The number of ether oxygens (including phenoxy) is 1. The number of hydrogen-bond acceptors (Lipinski definition) is 2. The minimum Gasteiger partial charge on any atom is -0.493 e. The predicted molar refractivity (Wildman–Crippen MR) is 78.2 cm³/mol. The fraction of sp³-hybridized carbons (Fsp3) is 0.625. The van der Waals surface area contributed by atoms with Gasteiger partial charge in [-0.25, -0.2) is 0 Å². The number of nitrogens with one attached hydrogen (secondary N) is 1. The summed E-state index contributed by atoms with van der Waals surface area (Å²) in [6, 6.07) is 6.43. The Hall–Kier alpha value is -1.02. The third-order valence-corrected chi connectivity index (χ3v) is 3.04. The zero-order chi connectivity index (χ0) is 13.2. The van der Waals surface area contributed by atoms with E-state index in [2.05, 4.69) is 44.3 Å². The molecule has 102 valence electrons. The van der Waals surface area contributed by atoms with Gasteiger partial charge in [0.15, 0.2) is 0 Å². The molecular weight excluding hydrogens is 222 g/mol. The molecule has 1 aromatic carbocycles. The Kier molecular flexibility index (Phi) is 7.51. The molecule has 0 fully saturated rings. The third kappa shape index (κ3) is 5.54. The van der Waals surface area contributed by atoms with Crippen LogP contribution in [0.25, 0.3) is 0 Å². The lowest BCUT2D eigenvalue weighted by Gasteiger charge is -2.12. The Morgan fingerprint density at radius 1 is 1.11 bits per heavy atom. The number of aryl methyl sites for hydroxylation is 1. The Labute approximate surface area is 112 Å². The van der Waals surface area contributed by atoms with Crippen molar-refractivity contribution in [1.82, 2.24) is 5.32 Å². The lowest BCUT2D eigenvalue weighted by Crippen LogP contribution is -2.13. The number of benzene rings is 1. The first-order chi connectivity index (χ1) is 8.77. The molecule has 1 aromatic rings. The van der Waals surface area contributed by atoms with E-state index in [1.807, 2.05) is 0 Å². The molecule has 1 N–H and O–H groups in total. The molecule has 0 amide bonds. The summed E-state index contributed by atoms with van der Waals surface area (Å²) in [6.45, 7) is 9.20. The highest BCUT2D eigenvalue weighted by atomic mass is 16.5. The number of hydrogen-bond donors (Lipinski definition) is 1. The monoisotopic (exact) mass is 249 g/mol. The van der Waals surface area contributed by atoms with E-state index in [0.717, 1.165) is 31.9 Å². The van der Waals surface area contributed by atoms with E-state index < -0.39 is 0 Å². The van der Waals surface area contributed by atoms with E-state index in [1.54, 1.807) is 0 Å². The molecule has 0 atom stereocenters. The van der Waals surface area contributed by atoms with Crippen LogP contribution in [0.3, 0.4) is 0 Å². The Bertz CT molecular complexity index is 336. The van der Waals surface area contributed by atoms with Crippen molar-refractivity contribution in [3.8, 4) is 5.75 Å².